The third-order valence-corrected chi connectivity index (χ3v) is 2.89. The summed E-state index contributed by atoms with van der Waals surface area (Å²) >= 11 is 3.41. The van der Waals surface area contributed by atoms with Crippen LogP contribution < -0.4 is 10.2 Å². The summed E-state index contributed by atoms with van der Waals surface area (Å²) in [6.07, 6.45) is 3.24. The van der Waals surface area contributed by atoms with Crippen molar-refractivity contribution in [2.24, 2.45) is 0 Å². The Labute approximate surface area is 109 Å². The van der Waals surface area contributed by atoms with Gasteiger partial charge in [0, 0.05) is 20.3 Å². The van der Waals surface area contributed by atoms with E-state index in [9.17, 15) is 0 Å². The first kappa shape index (κ1) is 11.9. The molecule has 5 heteroatoms. The van der Waals surface area contributed by atoms with E-state index in [0.29, 0.717) is 0 Å². The Hall–Kier alpha value is -1.62. The van der Waals surface area contributed by atoms with Crippen LogP contribution in [0.1, 0.15) is 0 Å². The van der Waals surface area contributed by atoms with Crippen LogP contribution in [0.4, 0.5) is 17.2 Å². The topological polar surface area (TPSA) is 41.0 Å². The molecular weight excluding hydrogens is 280 g/mol. The molecule has 1 aromatic carbocycles. The molecule has 17 heavy (non-hydrogen) atoms. The highest BCUT2D eigenvalue weighted by molar-refractivity contribution is 9.10. The highest BCUT2D eigenvalue weighted by Gasteiger charge is 2.06. The summed E-state index contributed by atoms with van der Waals surface area (Å²) in [5, 5.41) is 3.28. The lowest BCUT2D eigenvalue weighted by Crippen LogP contribution is -2.11. The van der Waals surface area contributed by atoms with Crippen molar-refractivity contribution in [2.75, 3.05) is 24.3 Å². The third-order valence-electron chi connectivity index (χ3n) is 2.31. The summed E-state index contributed by atoms with van der Waals surface area (Å²) < 4.78 is 0.841. The largest absolute Gasteiger partial charge is 0.376 e. The molecule has 2 aromatic rings. The lowest BCUT2D eigenvalue weighted by atomic mass is 10.2. The fourth-order valence-corrected chi connectivity index (χ4v) is 1.82. The Morgan fingerprint density at radius 1 is 1.24 bits per heavy atom. The molecule has 0 saturated carbocycles. The van der Waals surface area contributed by atoms with E-state index in [1.807, 2.05) is 32.3 Å². The molecule has 0 aliphatic rings. The minimum Gasteiger partial charge on any atom is -0.376 e. The van der Waals surface area contributed by atoms with E-state index < -0.39 is 0 Å². The smallest absolute Gasteiger partial charge is 0.148 e. The summed E-state index contributed by atoms with van der Waals surface area (Å²) in [6, 6.07) is 8.07. The predicted molar refractivity (Wildman–Crippen MR) is 73.8 cm³/mol. The van der Waals surface area contributed by atoms with Gasteiger partial charge in [0.15, 0.2) is 0 Å². The third kappa shape index (κ3) is 2.74. The average Bonchev–Trinajstić information content (AvgIpc) is 2.32. The van der Waals surface area contributed by atoms with Crippen LogP contribution in [0.25, 0.3) is 0 Å². The minimum absolute atomic E-state index is 0.759. The van der Waals surface area contributed by atoms with Gasteiger partial charge < -0.3 is 10.2 Å². The molecule has 0 aliphatic heterocycles. The molecule has 1 heterocycles. The van der Waals surface area contributed by atoms with Gasteiger partial charge in [-0.05, 0) is 28.1 Å². The van der Waals surface area contributed by atoms with Gasteiger partial charge in [-0.15, -0.1) is 0 Å². The van der Waals surface area contributed by atoms with E-state index >= 15 is 0 Å². The van der Waals surface area contributed by atoms with Crippen LogP contribution in [0, 0.1) is 0 Å². The quantitative estimate of drug-likeness (QED) is 0.944. The maximum absolute atomic E-state index is 4.19. The Morgan fingerprint density at radius 3 is 2.71 bits per heavy atom. The van der Waals surface area contributed by atoms with Crippen molar-refractivity contribution in [3.05, 3.63) is 41.3 Å². The first-order valence-corrected chi connectivity index (χ1v) is 5.96. The molecule has 4 nitrogen and oxygen atoms in total. The molecule has 0 amide bonds. The van der Waals surface area contributed by atoms with E-state index in [1.165, 1.54) is 6.33 Å². The normalized spacial score (nSPS) is 10.1. The Kier molecular flexibility index (Phi) is 3.58. The number of rotatable bonds is 3. The zero-order valence-electron chi connectivity index (χ0n) is 9.68. The summed E-state index contributed by atoms with van der Waals surface area (Å²) in [5.74, 6) is 0.759. The summed E-state index contributed by atoms with van der Waals surface area (Å²) in [7, 11) is 4.02. The van der Waals surface area contributed by atoms with Gasteiger partial charge in [-0.1, -0.05) is 12.1 Å². The van der Waals surface area contributed by atoms with E-state index in [2.05, 4.69) is 42.2 Å². The van der Waals surface area contributed by atoms with Crippen LogP contribution in [0.3, 0.4) is 0 Å². The summed E-state index contributed by atoms with van der Waals surface area (Å²) in [4.78, 5) is 10.2. The SMILES string of the molecule is CN(C)c1ccccc1Nc1ncncc1Br. The van der Waals surface area contributed by atoms with Crippen molar-refractivity contribution in [1.82, 2.24) is 9.97 Å². The Bertz CT molecular complexity index is 513. The number of hydrogen-bond donors (Lipinski definition) is 1. The molecule has 0 fully saturated rings. The molecule has 0 radical (unpaired) electrons. The molecule has 0 atom stereocenters. The Morgan fingerprint density at radius 2 is 2.00 bits per heavy atom. The lowest BCUT2D eigenvalue weighted by Gasteiger charge is -2.18. The van der Waals surface area contributed by atoms with Gasteiger partial charge >= 0.3 is 0 Å². The standard InChI is InChI=1S/C12H13BrN4/c1-17(2)11-6-4-3-5-10(11)16-12-9(13)7-14-8-15-12/h3-8H,1-2H3,(H,14,15,16). The number of anilines is 3. The van der Waals surface area contributed by atoms with Crippen LogP contribution in [-0.2, 0) is 0 Å². The lowest BCUT2D eigenvalue weighted by molar-refractivity contribution is 1.12. The molecule has 0 bridgehead atoms. The fourth-order valence-electron chi connectivity index (χ4n) is 1.50. The van der Waals surface area contributed by atoms with Crippen molar-refractivity contribution in [2.45, 2.75) is 0 Å². The average molecular weight is 293 g/mol. The van der Waals surface area contributed by atoms with Crippen molar-refractivity contribution in [3.63, 3.8) is 0 Å². The molecular formula is C12H13BrN4. The van der Waals surface area contributed by atoms with Gasteiger partial charge in [-0.2, -0.15) is 0 Å². The highest BCUT2D eigenvalue weighted by atomic mass is 79.9. The number of halogens is 1. The number of para-hydroxylation sites is 2. The van der Waals surface area contributed by atoms with Crippen LogP contribution in [0.15, 0.2) is 41.3 Å². The second kappa shape index (κ2) is 5.14. The van der Waals surface area contributed by atoms with Crippen LogP contribution in [0.2, 0.25) is 0 Å². The molecule has 0 saturated heterocycles. The van der Waals surface area contributed by atoms with Crippen LogP contribution in [-0.4, -0.2) is 24.1 Å². The molecule has 1 N–H and O–H groups in total. The molecule has 0 spiro atoms. The van der Waals surface area contributed by atoms with Gasteiger partial charge in [-0.25, -0.2) is 9.97 Å². The molecule has 2 rings (SSSR count). The van der Waals surface area contributed by atoms with Crippen molar-refractivity contribution >= 4 is 33.1 Å². The molecule has 1 aromatic heterocycles. The number of benzene rings is 1. The second-order valence-corrected chi connectivity index (χ2v) is 4.61. The predicted octanol–water partition coefficient (Wildman–Crippen LogP) is 3.05. The summed E-state index contributed by atoms with van der Waals surface area (Å²) in [6.45, 7) is 0. The Balaban J connectivity index is 2.34. The zero-order valence-corrected chi connectivity index (χ0v) is 11.3. The minimum atomic E-state index is 0.759. The van der Waals surface area contributed by atoms with Crippen LogP contribution in [0.5, 0.6) is 0 Å². The van der Waals surface area contributed by atoms with E-state index in [-0.39, 0.29) is 0 Å². The monoisotopic (exact) mass is 292 g/mol. The summed E-state index contributed by atoms with van der Waals surface area (Å²) in [5.41, 5.74) is 2.12. The first-order chi connectivity index (χ1) is 8.18. The van der Waals surface area contributed by atoms with Gasteiger partial charge in [0.2, 0.25) is 0 Å². The van der Waals surface area contributed by atoms with Gasteiger partial charge in [0.1, 0.15) is 12.1 Å². The van der Waals surface area contributed by atoms with E-state index in [4.69, 9.17) is 0 Å². The second-order valence-electron chi connectivity index (χ2n) is 3.76. The maximum atomic E-state index is 4.19. The van der Waals surface area contributed by atoms with E-state index in [0.717, 1.165) is 21.7 Å². The van der Waals surface area contributed by atoms with Crippen molar-refractivity contribution in [1.29, 1.82) is 0 Å². The van der Waals surface area contributed by atoms with Crippen molar-refractivity contribution < 1.29 is 0 Å². The number of hydrogen-bond acceptors (Lipinski definition) is 4. The van der Waals surface area contributed by atoms with Crippen molar-refractivity contribution in [3.8, 4) is 0 Å². The van der Waals surface area contributed by atoms with Gasteiger partial charge in [0.25, 0.3) is 0 Å². The molecule has 88 valence electrons. The van der Waals surface area contributed by atoms with E-state index in [1.54, 1.807) is 6.20 Å². The maximum Gasteiger partial charge on any atom is 0.148 e. The zero-order chi connectivity index (χ0) is 12.3. The van der Waals surface area contributed by atoms with Gasteiger partial charge in [0.05, 0.1) is 15.8 Å². The number of aromatic nitrogens is 2. The van der Waals surface area contributed by atoms with Gasteiger partial charge in [-0.3, -0.25) is 0 Å². The number of nitrogens with one attached hydrogen (secondary N) is 1. The first-order valence-electron chi connectivity index (χ1n) is 5.17. The molecule has 0 unspecified atom stereocenters. The molecule has 0 aliphatic carbocycles. The van der Waals surface area contributed by atoms with Crippen LogP contribution >= 0.6 is 15.9 Å². The fraction of sp³-hybridized carbons (Fsp3) is 0.167. The number of nitrogens with zero attached hydrogens (tertiary/aromatic N) is 3. The highest BCUT2D eigenvalue weighted by Crippen LogP contribution is 2.28.